The Kier molecular flexibility index (Phi) is 9.02. The standard InChI is InChI=1S/C32H32BrN3O7S/c1-5-42-31-23-8-7-13-34-28(23)27-26(30(31)38)29(35-32(27)43-6-2)22-11-9-19(14-18(22)3)17-44(39,40)36-25(37)16-20-15-21(33)10-12-24(20)41-4/h7-15,35,38H,5-6,16-17H2,1-4H3,(H,36,37). The highest BCUT2D eigenvalue weighted by molar-refractivity contribution is 9.10. The van der Waals surface area contributed by atoms with E-state index in [1.807, 2.05) is 26.8 Å². The zero-order chi connectivity index (χ0) is 31.6. The SMILES string of the molecule is CCOc1c(O)c2c(-c3ccc(CS(=O)(=O)NC(=O)Cc4cc(Br)ccc4OC)cc3C)[nH]c(OCC)c2c2ncccc12. The van der Waals surface area contributed by atoms with Crippen molar-refractivity contribution < 1.29 is 32.5 Å². The summed E-state index contributed by atoms with van der Waals surface area (Å²) in [6.45, 7) is 6.28. The average molecular weight is 683 g/mol. The van der Waals surface area contributed by atoms with E-state index < -0.39 is 21.7 Å². The van der Waals surface area contributed by atoms with E-state index in [1.165, 1.54) is 7.11 Å². The summed E-state index contributed by atoms with van der Waals surface area (Å²) >= 11 is 3.36. The van der Waals surface area contributed by atoms with Gasteiger partial charge in [0.2, 0.25) is 21.8 Å². The Balaban J connectivity index is 1.48. The van der Waals surface area contributed by atoms with Crippen molar-refractivity contribution in [2.75, 3.05) is 20.3 Å². The van der Waals surface area contributed by atoms with E-state index in [4.69, 9.17) is 14.2 Å². The first-order valence-electron chi connectivity index (χ1n) is 13.9. The summed E-state index contributed by atoms with van der Waals surface area (Å²) in [7, 11) is -2.52. The Labute approximate surface area is 263 Å². The van der Waals surface area contributed by atoms with Crippen LogP contribution in [0.2, 0.25) is 0 Å². The topological polar surface area (TPSA) is 140 Å². The normalized spacial score (nSPS) is 11.6. The van der Waals surface area contributed by atoms with Crippen molar-refractivity contribution in [1.29, 1.82) is 0 Å². The lowest BCUT2D eigenvalue weighted by Crippen LogP contribution is -2.32. The minimum absolute atomic E-state index is 0.0459. The number of aryl methyl sites for hydroxylation is 1. The summed E-state index contributed by atoms with van der Waals surface area (Å²) < 4.78 is 45.9. The van der Waals surface area contributed by atoms with E-state index in [9.17, 15) is 18.3 Å². The summed E-state index contributed by atoms with van der Waals surface area (Å²) in [4.78, 5) is 20.6. The first-order chi connectivity index (χ1) is 21.1. The fourth-order valence-electron chi connectivity index (χ4n) is 5.33. The molecule has 0 saturated heterocycles. The molecule has 12 heteroatoms. The van der Waals surface area contributed by atoms with E-state index in [0.29, 0.717) is 69.1 Å². The highest BCUT2D eigenvalue weighted by Gasteiger charge is 2.26. The van der Waals surface area contributed by atoms with Crippen molar-refractivity contribution in [3.63, 3.8) is 0 Å². The fraction of sp³-hybridized carbons (Fsp3) is 0.250. The molecule has 44 heavy (non-hydrogen) atoms. The number of phenols is 1. The van der Waals surface area contributed by atoms with Gasteiger partial charge in [0.15, 0.2) is 11.5 Å². The van der Waals surface area contributed by atoms with Gasteiger partial charge in [0.25, 0.3) is 0 Å². The molecule has 3 N–H and O–H groups in total. The second-order valence-electron chi connectivity index (χ2n) is 10.1. The molecule has 0 fully saturated rings. The highest BCUT2D eigenvalue weighted by atomic mass is 79.9. The van der Waals surface area contributed by atoms with Crippen LogP contribution in [0.1, 0.15) is 30.5 Å². The molecule has 0 aliphatic rings. The molecule has 0 radical (unpaired) electrons. The molecule has 0 saturated carbocycles. The minimum atomic E-state index is -4.00. The molecule has 0 spiro atoms. The summed E-state index contributed by atoms with van der Waals surface area (Å²) in [6.07, 6.45) is 1.50. The zero-order valence-corrected chi connectivity index (χ0v) is 27.1. The van der Waals surface area contributed by atoms with Crippen molar-refractivity contribution in [1.82, 2.24) is 14.7 Å². The molecule has 0 unspecified atom stereocenters. The highest BCUT2D eigenvalue weighted by Crippen LogP contribution is 2.49. The number of aromatic amines is 1. The number of amides is 1. The predicted octanol–water partition coefficient (Wildman–Crippen LogP) is 6.15. The molecular weight excluding hydrogens is 650 g/mol. The monoisotopic (exact) mass is 681 g/mol. The maximum atomic E-state index is 13.0. The van der Waals surface area contributed by atoms with Gasteiger partial charge in [-0.15, -0.1) is 0 Å². The molecule has 2 aromatic heterocycles. The number of aromatic nitrogens is 2. The quantitative estimate of drug-likeness (QED) is 0.151. The number of aromatic hydroxyl groups is 1. The van der Waals surface area contributed by atoms with Crippen molar-refractivity contribution in [2.45, 2.75) is 32.9 Å². The number of hydrogen-bond donors (Lipinski definition) is 3. The van der Waals surface area contributed by atoms with Crippen molar-refractivity contribution >= 4 is 53.5 Å². The first kappa shape index (κ1) is 31.1. The number of nitrogens with one attached hydrogen (secondary N) is 2. The van der Waals surface area contributed by atoms with Crippen molar-refractivity contribution in [2.24, 2.45) is 0 Å². The van der Waals surface area contributed by atoms with Crippen molar-refractivity contribution in [3.05, 3.63) is 75.9 Å². The maximum absolute atomic E-state index is 13.0. The van der Waals surface area contributed by atoms with Crippen LogP contribution in [0.15, 0.2) is 59.2 Å². The maximum Gasteiger partial charge on any atom is 0.239 e. The van der Waals surface area contributed by atoms with Gasteiger partial charge in [-0.2, -0.15) is 0 Å². The van der Waals surface area contributed by atoms with Crippen LogP contribution in [0.5, 0.6) is 23.1 Å². The summed E-state index contributed by atoms with van der Waals surface area (Å²) in [6, 6.07) is 14.0. The third kappa shape index (κ3) is 6.18. The number of benzene rings is 3. The third-order valence-corrected chi connectivity index (χ3v) is 8.81. The Morgan fingerprint density at radius 3 is 2.55 bits per heavy atom. The van der Waals surface area contributed by atoms with Crippen LogP contribution < -0.4 is 18.9 Å². The summed E-state index contributed by atoms with van der Waals surface area (Å²) in [5.41, 5.74) is 3.70. The lowest BCUT2D eigenvalue weighted by atomic mass is 9.98. The molecule has 5 aromatic rings. The molecule has 5 rings (SSSR count). The van der Waals surface area contributed by atoms with Gasteiger partial charge in [-0.3, -0.25) is 14.5 Å². The minimum Gasteiger partial charge on any atom is -0.504 e. The average Bonchev–Trinajstić information content (AvgIpc) is 3.34. The number of H-pyrrole nitrogens is 1. The van der Waals surface area contributed by atoms with Gasteiger partial charge in [0, 0.05) is 27.2 Å². The van der Waals surface area contributed by atoms with Crippen LogP contribution in [0.25, 0.3) is 32.9 Å². The van der Waals surface area contributed by atoms with Gasteiger partial charge in [-0.25, -0.2) is 8.42 Å². The number of ether oxygens (including phenoxy) is 3. The lowest BCUT2D eigenvalue weighted by molar-refractivity contribution is -0.118. The van der Waals surface area contributed by atoms with Gasteiger partial charge in [0.05, 0.1) is 54.5 Å². The number of carbonyl (C=O) groups excluding carboxylic acids is 1. The van der Waals surface area contributed by atoms with E-state index in [1.54, 1.807) is 48.7 Å². The smallest absolute Gasteiger partial charge is 0.239 e. The Hall–Kier alpha value is -4.29. The molecule has 230 valence electrons. The zero-order valence-electron chi connectivity index (χ0n) is 24.7. The van der Waals surface area contributed by atoms with Crippen LogP contribution >= 0.6 is 15.9 Å². The summed E-state index contributed by atoms with van der Waals surface area (Å²) in [5.74, 6) is 0.144. The Morgan fingerprint density at radius 2 is 1.84 bits per heavy atom. The molecule has 2 heterocycles. The van der Waals surface area contributed by atoms with E-state index in [2.05, 4.69) is 30.6 Å². The predicted molar refractivity (Wildman–Crippen MR) is 173 cm³/mol. The number of halogens is 1. The molecule has 3 aromatic carbocycles. The fourth-order valence-corrected chi connectivity index (χ4v) is 6.85. The second kappa shape index (κ2) is 12.7. The van der Waals surface area contributed by atoms with Crippen LogP contribution in [0.3, 0.4) is 0 Å². The molecule has 1 amide bonds. The largest absolute Gasteiger partial charge is 0.504 e. The van der Waals surface area contributed by atoms with Crippen LogP contribution in [-0.4, -0.2) is 49.7 Å². The number of hydrogen-bond acceptors (Lipinski definition) is 8. The lowest BCUT2D eigenvalue weighted by Gasteiger charge is -2.13. The van der Waals surface area contributed by atoms with Crippen LogP contribution in [0.4, 0.5) is 0 Å². The first-order valence-corrected chi connectivity index (χ1v) is 16.4. The van der Waals surface area contributed by atoms with Gasteiger partial charge in [-0.05, 0) is 62.2 Å². The Bertz CT molecular complexity index is 1990. The molecule has 0 bridgehead atoms. The molecule has 0 aliphatic heterocycles. The number of fused-ring (bicyclic) bond motifs is 3. The number of nitrogens with zero attached hydrogens (tertiary/aromatic N) is 1. The van der Waals surface area contributed by atoms with E-state index in [-0.39, 0.29) is 12.2 Å². The number of phenolic OH excluding ortho intramolecular Hbond substituents is 1. The van der Waals surface area contributed by atoms with Gasteiger partial charge in [-0.1, -0.05) is 34.1 Å². The molecule has 0 atom stereocenters. The van der Waals surface area contributed by atoms with E-state index >= 15 is 0 Å². The summed E-state index contributed by atoms with van der Waals surface area (Å²) in [5, 5.41) is 13.2. The molecular formula is C32H32BrN3O7S. The van der Waals surface area contributed by atoms with Crippen LogP contribution in [-0.2, 0) is 27.0 Å². The number of sulfonamides is 1. The van der Waals surface area contributed by atoms with E-state index in [0.717, 1.165) is 15.6 Å². The number of methoxy groups -OCH3 is 1. The van der Waals surface area contributed by atoms with Crippen molar-refractivity contribution in [3.8, 4) is 34.4 Å². The second-order valence-corrected chi connectivity index (χ2v) is 12.7. The van der Waals surface area contributed by atoms with Gasteiger partial charge >= 0.3 is 0 Å². The number of rotatable bonds is 11. The number of pyridine rings is 1. The van der Waals surface area contributed by atoms with Crippen LogP contribution in [0, 0.1) is 6.92 Å². The number of carbonyl (C=O) groups is 1. The third-order valence-electron chi connectivity index (χ3n) is 7.06. The molecule has 0 aliphatic carbocycles. The van der Waals surface area contributed by atoms with Gasteiger partial charge in [0.1, 0.15) is 5.75 Å². The van der Waals surface area contributed by atoms with Gasteiger partial charge < -0.3 is 24.3 Å². The Morgan fingerprint density at radius 1 is 1.07 bits per heavy atom. The molecule has 10 nitrogen and oxygen atoms in total.